The van der Waals surface area contributed by atoms with Crippen molar-refractivity contribution in [3.05, 3.63) is 46.3 Å². The first-order valence-electron chi connectivity index (χ1n) is 8.07. The molecule has 0 fully saturated rings. The summed E-state index contributed by atoms with van der Waals surface area (Å²) in [6, 6.07) is 5.69. The van der Waals surface area contributed by atoms with Gasteiger partial charge in [0.05, 0.1) is 30.8 Å². The molecule has 0 saturated heterocycles. The van der Waals surface area contributed by atoms with Gasteiger partial charge in [-0.1, -0.05) is 5.16 Å². The van der Waals surface area contributed by atoms with Crippen LogP contribution in [0, 0.1) is 13.8 Å². The van der Waals surface area contributed by atoms with E-state index in [0.29, 0.717) is 24.5 Å². The van der Waals surface area contributed by atoms with Crippen molar-refractivity contribution < 1.29 is 14.7 Å². The predicted molar refractivity (Wildman–Crippen MR) is 96.3 cm³/mol. The van der Waals surface area contributed by atoms with Crippen LogP contribution in [0.3, 0.4) is 0 Å². The number of aryl methyl sites for hydroxylation is 2. The number of nitrogens with zero attached hydrogens (tertiary/aromatic N) is 3. The third kappa shape index (κ3) is 4.90. The molecule has 0 aliphatic rings. The minimum Gasteiger partial charge on any atom is -0.493 e. The standard InChI is InChI=1S/C18H24N4O3/c1-12-9-17(19)16(10-20-23)13(2)18(12)25-8-4-5-14-6-7-15(11-24-3)22-21-14/h6-7,9-10,23H,4-5,8,11,19H2,1-3H3/b20-10-. The summed E-state index contributed by atoms with van der Waals surface area (Å²) in [5.74, 6) is 0.769. The Morgan fingerprint density at radius 2 is 1.96 bits per heavy atom. The SMILES string of the molecule is COCc1ccc(CCCOc2c(C)cc(N)c(/C=N\O)c2C)nn1. The highest BCUT2D eigenvalue weighted by Crippen LogP contribution is 2.30. The zero-order valence-electron chi connectivity index (χ0n) is 14.8. The molecule has 0 amide bonds. The molecule has 1 heterocycles. The first-order valence-corrected chi connectivity index (χ1v) is 8.07. The molecule has 2 aromatic rings. The molecule has 7 heteroatoms. The molecule has 0 aliphatic heterocycles. The van der Waals surface area contributed by atoms with Crippen molar-refractivity contribution in [1.82, 2.24) is 10.2 Å². The van der Waals surface area contributed by atoms with Crippen molar-refractivity contribution in [2.75, 3.05) is 19.5 Å². The number of hydrogen-bond acceptors (Lipinski definition) is 7. The molecule has 0 spiro atoms. The number of hydrogen-bond donors (Lipinski definition) is 2. The van der Waals surface area contributed by atoms with E-state index in [2.05, 4.69) is 15.4 Å². The Kier molecular flexibility index (Phi) is 6.71. The normalized spacial score (nSPS) is 11.2. The highest BCUT2D eigenvalue weighted by Gasteiger charge is 2.12. The van der Waals surface area contributed by atoms with Gasteiger partial charge in [-0.05, 0) is 50.5 Å². The van der Waals surface area contributed by atoms with Crippen molar-refractivity contribution >= 4 is 11.9 Å². The molecule has 1 aromatic heterocycles. The number of rotatable bonds is 8. The second-order valence-corrected chi connectivity index (χ2v) is 5.80. The third-order valence-corrected chi connectivity index (χ3v) is 3.86. The van der Waals surface area contributed by atoms with Gasteiger partial charge in [-0.3, -0.25) is 0 Å². The maximum atomic E-state index is 8.77. The van der Waals surface area contributed by atoms with Gasteiger partial charge < -0.3 is 20.4 Å². The van der Waals surface area contributed by atoms with Crippen LogP contribution in [-0.4, -0.2) is 35.3 Å². The summed E-state index contributed by atoms with van der Waals surface area (Å²) >= 11 is 0. The second-order valence-electron chi connectivity index (χ2n) is 5.80. The molecule has 25 heavy (non-hydrogen) atoms. The molecule has 0 unspecified atom stereocenters. The van der Waals surface area contributed by atoms with Gasteiger partial charge in [-0.2, -0.15) is 10.2 Å². The minimum absolute atomic E-state index is 0.464. The summed E-state index contributed by atoms with van der Waals surface area (Å²) in [6.45, 7) is 4.85. The number of oxime groups is 1. The van der Waals surface area contributed by atoms with Gasteiger partial charge in [0.25, 0.3) is 0 Å². The van der Waals surface area contributed by atoms with E-state index in [-0.39, 0.29) is 0 Å². The van der Waals surface area contributed by atoms with E-state index in [1.807, 2.05) is 32.0 Å². The Labute approximate surface area is 147 Å². The zero-order chi connectivity index (χ0) is 18.2. The lowest BCUT2D eigenvalue weighted by atomic mass is 10.0. The fourth-order valence-corrected chi connectivity index (χ4v) is 2.64. The summed E-state index contributed by atoms with van der Waals surface area (Å²) in [7, 11) is 1.63. The predicted octanol–water partition coefficient (Wildman–Crippen LogP) is 2.64. The van der Waals surface area contributed by atoms with Gasteiger partial charge in [-0.15, -0.1) is 0 Å². The van der Waals surface area contributed by atoms with E-state index in [0.717, 1.165) is 41.1 Å². The van der Waals surface area contributed by atoms with Gasteiger partial charge in [0.1, 0.15) is 5.75 Å². The number of nitrogens with two attached hydrogens (primary N) is 1. The molecule has 134 valence electrons. The summed E-state index contributed by atoms with van der Waals surface area (Å²) in [6.07, 6.45) is 2.91. The molecule has 0 radical (unpaired) electrons. The average molecular weight is 344 g/mol. The van der Waals surface area contributed by atoms with E-state index in [9.17, 15) is 0 Å². The van der Waals surface area contributed by atoms with E-state index in [1.54, 1.807) is 7.11 Å². The van der Waals surface area contributed by atoms with Crippen molar-refractivity contribution in [3.63, 3.8) is 0 Å². The van der Waals surface area contributed by atoms with Crippen molar-refractivity contribution in [2.24, 2.45) is 5.16 Å². The smallest absolute Gasteiger partial charge is 0.125 e. The monoisotopic (exact) mass is 344 g/mol. The maximum absolute atomic E-state index is 8.77. The Hall–Kier alpha value is -2.67. The van der Waals surface area contributed by atoms with E-state index in [4.69, 9.17) is 20.4 Å². The Morgan fingerprint density at radius 1 is 1.24 bits per heavy atom. The summed E-state index contributed by atoms with van der Waals surface area (Å²) in [5, 5.41) is 20.1. The first-order chi connectivity index (χ1) is 12.1. The fraction of sp³-hybridized carbons (Fsp3) is 0.389. The van der Waals surface area contributed by atoms with Gasteiger partial charge >= 0.3 is 0 Å². The molecular weight excluding hydrogens is 320 g/mol. The van der Waals surface area contributed by atoms with E-state index < -0.39 is 0 Å². The van der Waals surface area contributed by atoms with Gasteiger partial charge in [0.2, 0.25) is 0 Å². The van der Waals surface area contributed by atoms with Crippen molar-refractivity contribution in [1.29, 1.82) is 0 Å². The van der Waals surface area contributed by atoms with Crippen LogP contribution in [0.15, 0.2) is 23.4 Å². The lowest BCUT2D eigenvalue weighted by molar-refractivity contribution is 0.180. The zero-order valence-corrected chi connectivity index (χ0v) is 14.8. The Bertz CT molecular complexity index is 730. The number of methoxy groups -OCH3 is 1. The highest BCUT2D eigenvalue weighted by molar-refractivity contribution is 5.90. The number of benzene rings is 1. The van der Waals surface area contributed by atoms with Crippen LogP contribution in [0.4, 0.5) is 5.69 Å². The first kappa shape index (κ1) is 18.7. The number of aromatic nitrogens is 2. The third-order valence-electron chi connectivity index (χ3n) is 3.86. The lowest BCUT2D eigenvalue weighted by Gasteiger charge is -2.15. The number of ether oxygens (including phenoxy) is 2. The van der Waals surface area contributed by atoms with Crippen LogP contribution in [0.2, 0.25) is 0 Å². The fourth-order valence-electron chi connectivity index (χ4n) is 2.64. The van der Waals surface area contributed by atoms with Crippen LogP contribution in [0.5, 0.6) is 5.75 Å². The summed E-state index contributed by atoms with van der Waals surface area (Å²) < 4.78 is 10.9. The van der Waals surface area contributed by atoms with Crippen LogP contribution in [0.1, 0.15) is 34.5 Å². The molecule has 0 atom stereocenters. The summed E-state index contributed by atoms with van der Waals surface area (Å²) in [4.78, 5) is 0. The van der Waals surface area contributed by atoms with Crippen molar-refractivity contribution in [3.8, 4) is 5.75 Å². The molecular formula is C18H24N4O3. The molecule has 0 bridgehead atoms. The van der Waals surface area contributed by atoms with E-state index in [1.165, 1.54) is 6.21 Å². The topological polar surface area (TPSA) is 103 Å². The molecule has 2 rings (SSSR count). The minimum atomic E-state index is 0.464. The van der Waals surface area contributed by atoms with Crippen molar-refractivity contribution in [2.45, 2.75) is 33.3 Å². The van der Waals surface area contributed by atoms with Gasteiger partial charge in [0, 0.05) is 23.9 Å². The second kappa shape index (κ2) is 8.98. The van der Waals surface area contributed by atoms with Crippen LogP contribution in [0.25, 0.3) is 0 Å². The van der Waals surface area contributed by atoms with Gasteiger partial charge in [-0.25, -0.2) is 0 Å². The number of nitrogen functional groups attached to an aromatic ring is 1. The largest absolute Gasteiger partial charge is 0.493 e. The Balaban J connectivity index is 1.94. The van der Waals surface area contributed by atoms with E-state index >= 15 is 0 Å². The molecule has 0 saturated carbocycles. The van der Waals surface area contributed by atoms with Crippen LogP contribution in [-0.2, 0) is 17.8 Å². The maximum Gasteiger partial charge on any atom is 0.125 e. The number of anilines is 1. The quantitative estimate of drug-likeness (QED) is 0.251. The lowest BCUT2D eigenvalue weighted by Crippen LogP contribution is -2.07. The molecule has 7 nitrogen and oxygen atoms in total. The molecule has 0 aliphatic carbocycles. The van der Waals surface area contributed by atoms with Gasteiger partial charge in [0.15, 0.2) is 0 Å². The molecule has 1 aromatic carbocycles. The highest BCUT2D eigenvalue weighted by atomic mass is 16.5. The molecule has 3 N–H and O–H groups in total. The average Bonchev–Trinajstić information content (AvgIpc) is 2.59. The van der Waals surface area contributed by atoms with Crippen LogP contribution >= 0.6 is 0 Å². The summed E-state index contributed by atoms with van der Waals surface area (Å²) in [5.41, 5.74) is 10.7. The Morgan fingerprint density at radius 3 is 2.60 bits per heavy atom. The van der Waals surface area contributed by atoms with Crippen LogP contribution < -0.4 is 10.5 Å².